The molecule has 0 radical (unpaired) electrons. The first-order valence-electron chi connectivity index (χ1n) is 11.4. The SMILES string of the molecule is COc1cc(Nc2ncnc(-n3c(Nc4cccc(C(N)=O)c4)nc4ccccc43)n2)cc(OC)c1OC. The molecule has 0 aliphatic heterocycles. The first-order chi connectivity index (χ1) is 18.5. The zero-order valence-electron chi connectivity index (χ0n) is 20.8. The minimum absolute atomic E-state index is 0.281. The lowest BCUT2D eigenvalue weighted by Crippen LogP contribution is -2.11. The minimum atomic E-state index is -0.526. The van der Waals surface area contributed by atoms with Crippen LogP contribution in [0.2, 0.25) is 0 Å². The molecule has 0 unspecified atom stereocenters. The van der Waals surface area contributed by atoms with Crippen molar-refractivity contribution >= 4 is 40.2 Å². The molecule has 0 aliphatic rings. The van der Waals surface area contributed by atoms with E-state index < -0.39 is 5.91 Å². The molecule has 192 valence electrons. The number of hydrogen-bond donors (Lipinski definition) is 3. The van der Waals surface area contributed by atoms with Gasteiger partial charge in [0.25, 0.3) is 0 Å². The first-order valence-corrected chi connectivity index (χ1v) is 11.4. The van der Waals surface area contributed by atoms with Gasteiger partial charge in [0.1, 0.15) is 6.33 Å². The molecule has 12 nitrogen and oxygen atoms in total. The third-order valence-corrected chi connectivity index (χ3v) is 5.64. The van der Waals surface area contributed by atoms with E-state index in [9.17, 15) is 4.79 Å². The van der Waals surface area contributed by atoms with Gasteiger partial charge in [0.05, 0.1) is 32.4 Å². The maximum atomic E-state index is 11.7. The second-order valence-corrected chi connectivity index (χ2v) is 7.98. The van der Waals surface area contributed by atoms with Crippen molar-refractivity contribution in [1.82, 2.24) is 24.5 Å². The molecule has 0 aliphatic carbocycles. The third kappa shape index (κ3) is 4.69. The van der Waals surface area contributed by atoms with Crippen LogP contribution in [0.4, 0.5) is 23.3 Å². The van der Waals surface area contributed by atoms with Crippen molar-refractivity contribution in [3.8, 4) is 23.2 Å². The van der Waals surface area contributed by atoms with Gasteiger partial charge in [-0.2, -0.15) is 4.98 Å². The maximum Gasteiger partial charge on any atom is 0.248 e. The Morgan fingerprint density at radius 3 is 2.32 bits per heavy atom. The standard InChI is InChI=1S/C26H24N8O4/c1-36-20-12-17(13-21(37-2)22(20)38-3)30-24-28-14-29-25(33-24)34-19-10-5-4-9-18(19)32-26(34)31-16-8-6-7-15(11-16)23(27)35/h4-14H,1-3H3,(H2,27,35)(H,31,32)(H,28,29,30,33). The summed E-state index contributed by atoms with van der Waals surface area (Å²) in [6.07, 6.45) is 1.40. The second-order valence-electron chi connectivity index (χ2n) is 7.98. The molecule has 0 spiro atoms. The number of hydrogen-bond acceptors (Lipinski definition) is 10. The smallest absolute Gasteiger partial charge is 0.248 e. The molecule has 0 atom stereocenters. The normalized spacial score (nSPS) is 10.7. The molecule has 0 fully saturated rings. The van der Waals surface area contributed by atoms with Crippen LogP contribution in [0.1, 0.15) is 10.4 Å². The zero-order chi connectivity index (χ0) is 26.6. The molecule has 0 bridgehead atoms. The van der Waals surface area contributed by atoms with E-state index in [4.69, 9.17) is 24.9 Å². The highest BCUT2D eigenvalue weighted by Crippen LogP contribution is 2.40. The number of nitrogens with one attached hydrogen (secondary N) is 2. The minimum Gasteiger partial charge on any atom is -0.493 e. The summed E-state index contributed by atoms with van der Waals surface area (Å²) in [6, 6.07) is 17.9. The second kappa shape index (κ2) is 10.3. The zero-order valence-corrected chi connectivity index (χ0v) is 20.8. The summed E-state index contributed by atoms with van der Waals surface area (Å²) in [5.41, 5.74) is 8.56. The highest BCUT2D eigenvalue weighted by atomic mass is 16.5. The number of carbonyl (C=O) groups is 1. The fourth-order valence-corrected chi connectivity index (χ4v) is 3.93. The summed E-state index contributed by atoms with van der Waals surface area (Å²) in [7, 11) is 4.62. The van der Waals surface area contributed by atoms with Crippen LogP contribution < -0.4 is 30.6 Å². The van der Waals surface area contributed by atoms with E-state index in [1.807, 2.05) is 24.3 Å². The van der Waals surface area contributed by atoms with Crippen LogP contribution in [0.25, 0.3) is 17.0 Å². The van der Waals surface area contributed by atoms with E-state index in [0.29, 0.717) is 46.1 Å². The predicted octanol–water partition coefficient (Wildman–Crippen LogP) is 3.82. The van der Waals surface area contributed by atoms with Crippen molar-refractivity contribution in [3.63, 3.8) is 0 Å². The number of benzene rings is 3. The lowest BCUT2D eigenvalue weighted by Gasteiger charge is -2.15. The number of ether oxygens (including phenoxy) is 3. The molecule has 5 rings (SSSR count). The van der Waals surface area contributed by atoms with Gasteiger partial charge in [-0.3, -0.25) is 4.79 Å². The van der Waals surface area contributed by atoms with Crippen LogP contribution in [0.15, 0.2) is 67.0 Å². The Balaban J connectivity index is 1.54. The Morgan fingerprint density at radius 1 is 0.842 bits per heavy atom. The lowest BCUT2D eigenvalue weighted by molar-refractivity contribution is 0.100. The molecule has 4 N–H and O–H groups in total. The van der Waals surface area contributed by atoms with Crippen molar-refractivity contribution in [2.75, 3.05) is 32.0 Å². The molecule has 3 aromatic carbocycles. The van der Waals surface area contributed by atoms with Gasteiger partial charge in [0, 0.05) is 29.1 Å². The molecule has 0 saturated heterocycles. The van der Waals surface area contributed by atoms with Crippen molar-refractivity contribution in [3.05, 3.63) is 72.6 Å². The number of fused-ring (bicyclic) bond motifs is 1. The van der Waals surface area contributed by atoms with Crippen LogP contribution >= 0.6 is 0 Å². The van der Waals surface area contributed by atoms with Crippen LogP contribution in [0.5, 0.6) is 17.2 Å². The number of nitrogens with two attached hydrogens (primary N) is 1. The summed E-state index contributed by atoms with van der Waals surface area (Å²) in [5, 5.41) is 6.40. The molecule has 12 heteroatoms. The summed E-state index contributed by atoms with van der Waals surface area (Å²) in [5.74, 6) is 1.95. The molecule has 38 heavy (non-hydrogen) atoms. The number of aromatic nitrogens is 5. The van der Waals surface area contributed by atoms with E-state index in [2.05, 4.69) is 25.6 Å². The van der Waals surface area contributed by atoms with E-state index >= 15 is 0 Å². The van der Waals surface area contributed by atoms with E-state index in [1.165, 1.54) is 13.4 Å². The van der Waals surface area contributed by atoms with Gasteiger partial charge in [0.15, 0.2) is 11.5 Å². The maximum absolute atomic E-state index is 11.7. The number of para-hydroxylation sites is 2. The van der Waals surface area contributed by atoms with Crippen LogP contribution in [0, 0.1) is 0 Å². The van der Waals surface area contributed by atoms with E-state index in [-0.39, 0.29) is 5.95 Å². The molecular weight excluding hydrogens is 488 g/mol. The number of nitrogens with zero attached hydrogens (tertiary/aromatic N) is 5. The fourth-order valence-electron chi connectivity index (χ4n) is 3.93. The average molecular weight is 513 g/mol. The monoisotopic (exact) mass is 512 g/mol. The van der Waals surface area contributed by atoms with Gasteiger partial charge in [-0.05, 0) is 30.3 Å². The highest BCUT2D eigenvalue weighted by molar-refractivity contribution is 5.94. The Labute approximate surface area is 217 Å². The largest absolute Gasteiger partial charge is 0.493 e. The van der Waals surface area contributed by atoms with Crippen molar-refractivity contribution in [2.45, 2.75) is 0 Å². The number of carbonyl (C=O) groups excluding carboxylic acids is 1. The Morgan fingerprint density at radius 2 is 1.61 bits per heavy atom. The van der Waals surface area contributed by atoms with Gasteiger partial charge in [-0.15, -0.1) is 0 Å². The topological polar surface area (TPSA) is 151 Å². The number of imidazole rings is 1. The fraction of sp³-hybridized carbons (Fsp3) is 0.115. The van der Waals surface area contributed by atoms with Crippen molar-refractivity contribution < 1.29 is 19.0 Å². The number of amides is 1. The molecule has 5 aromatic rings. The van der Waals surface area contributed by atoms with Crippen LogP contribution in [-0.4, -0.2) is 51.7 Å². The molecule has 2 heterocycles. The van der Waals surface area contributed by atoms with Gasteiger partial charge in [-0.25, -0.2) is 19.5 Å². The summed E-state index contributed by atoms with van der Waals surface area (Å²) < 4.78 is 18.0. The first kappa shape index (κ1) is 24.3. The van der Waals surface area contributed by atoms with Crippen molar-refractivity contribution in [1.29, 1.82) is 0 Å². The Hall–Kier alpha value is -5.39. The number of anilines is 4. The highest BCUT2D eigenvalue weighted by Gasteiger charge is 2.17. The van der Waals surface area contributed by atoms with Gasteiger partial charge in [-0.1, -0.05) is 18.2 Å². The Bertz CT molecular complexity index is 1610. The van der Waals surface area contributed by atoms with E-state index in [0.717, 1.165) is 11.0 Å². The summed E-state index contributed by atoms with van der Waals surface area (Å²) >= 11 is 0. The number of methoxy groups -OCH3 is 3. The van der Waals surface area contributed by atoms with Gasteiger partial charge in [0.2, 0.25) is 29.5 Å². The third-order valence-electron chi connectivity index (χ3n) is 5.64. The van der Waals surface area contributed by atoms with Crippen molar-refractivity contribution in [2.24, 2.45) is 5.73 Å². The average Bonchev–Trinajstić information content (AvgIpc) is 3.30. The van der Waals surface area contributed by atoms with Gasteiger partial charge >= 0.3 is 0 Å². The summed E-state index contributed by atoms with van der Waals surface area (Å²) in [6.45, 7) is 0. The van der Waals surface area contributed by atoms with E-state index in [1.54, 1.807) is 55.2 Å². The number of rotatable bonds is 9. The van der Waals surface area contributed by atoms with Crippen LogP contribution in [0.3, 0.4) is 0 Å². The molecule has 2 aromatic heterocycles. The summed E-state index contributed by atoms with van der Waals surface area (Å²) in [4.78, 5) is 29.7. The predicted molar refractivity (Wildman–Crippen MR) is 142 cm³/mol. The number of primary amides is 1. The van der Waals surface area contributed by atoms with Gasteiger partial charge < -0.3 is 30.6 Å². The van der Waals surface area contributed by atoms with Crippen LogP contribution in [-0.2, 0) is 0 Å². The molecule has 0 saturated carbocycles. The Kier molecular flexibility index (Phi) is 6.59. The lowest BCUT2D eigenvalue weighted by atomic mass is 10.2. The molecular formula is C26H24N8O4. The quantitative estimate of drug-likeness (QED) is 0.266. The molecule has 1 amide bonds.